The molecule has 0 spiro atoms. The predicted octanol–water partition coefficient (Wildman–Crippen LogP) is 4.39. The van der Waals surface area contributed by atoms with Crippen molar-refractivity contribution in [1.29, 1.82) is 0 Å². The molecule has 5 heteroatoms. The van der Waals surface area contributed by atoms with Crippen molar-refractivity contribution < 1.29 is 24.2 Å². The maximum Gasteiger partial charge on any atom is 0.335 e. The quantitative estimate of drug-likeness (QED) is 0.408. The standard InChI is InChI=1S/C25H36O5/c1-15(2)12-22(27)30-11-8-20-18(13-16(3)26)23(28)17-6-10-25(5,29)21-7-9-24(20,4)14-19(17)21/h8,11-12,17-21,29H,6-7,9-10,13-14H2,1-5H3/b11-8+/t17-,18+,19-,20+,21-,24+,25+/m1/s1. The summed E-state index contributed by atoms with van der Waals surface area (Å²) in [5.74, 6) is -0.642. The monoisotopic (exact) mass is 416 g/mol. The molecule has 3 fully saturated rings. The third-order valence-electron chi connectivity index (χ3n) is 7.88. The number of carbonyl (C=O) groups is 3. The fourth-order valence-corrected chi connectivity index (χ4v) is 6.48. The molecule has 0 aromatic carbocycles. The minimum atomic E-state index is -0.728. The van der Waals surface area contributed by atoms with Gasteiger partial charge in [-0.15, -0.1) is 0 Å². The van der Waals surface area contributed by atoms with Gasteiger partial charge in [0.1, 0.15) is 11.6 Å². The molecule has 3 aliphatic rings. The van der Waals surface area contributed by atoms with Crippen LogP contribution in [-0.4, -0.2) is 28.2 Å². The van der Waals surface area contributed by atoms with E-state index in [0.717, 1.165) is 24.8 Å². The highest BCUT2D eigenvalue weighted by molar-refractivity contribution is 5.89. The number of hydrogen-bond acceptors (Lipinski definition) is 5. The van der Waals surface area contributed by atoms with Crippen LogP contribution in [0, 0.1) is 35.0 Å². The highest BCUT2D eigenvalue weighted by atomic mass is 16.5. The van der Waals surface area contributed by atoms with Gasteiger partial charge in [0.15, 0.2) is 0 Å². The first-order valence-electron chi connectivity index (χ1n) is 11.2. The Balaban J connectivity index is 1.95. The fourth-order valence-electron chi connectivity index (χ4n) is 6.48. The average molecular weight is 417 g/mol. The van der Waals surface area contributed by atoms with E-state index in [4.69, 9.17) is 4.74 Å². The molecular formula is C25H36O5. The van der Waals surface area contributed by atoms with E-state index in [1.165, 1.54) is 19.3 Å². The van der Waals surface area contributed by atoms with Crippen LogP contribution in [0.25, 0.3) is 0 Å². The van der Waals surface area contributed by atoms with Gasteiger partial charge in [-0.2, -0.15) is 0 Å². The molecule has 2 bridgehead atoms. The minimum absolute atomic E-state index is 0.00712. The first-order valence-corrected chi connectivity index (χ1v) is 11.2. The van der Waals surface area contributed by atoms with Crippen molar-refractivity contribution in [3.63, 3.8) is 0 Å². The van der Waals surface area contributed by atoms with Gasteiger partial charge in [-0.25, -0.2) is 4.79 Å². The van der Waals surface area contributed by atoms with E-state index in [2.05, 4.69) is 6.92 Å². The zero-order valence-electron chi connectivity index (χ0n) is 18.9. The number of allylic oxidation sites excluding steroid dienone is 2. The number of carbonyl (C=O) groups excluding carboxylic acids is 3. The lowest BCUT2D eigenvalue weighted by atomic mass is 9.54. The molecule has 0 aromatic rings. The normalized spacial score (nSPS) is 40.6. The van der Waals surface area contributed by atoms with Gasteiger partial charge in [0.25, 0.3) is 0 Å². The van der Waals surface area contributed by atoms with Crippen molar-refractivity contribution in [1.82, 2.24) is 0 Å². The second-order valence-electron chi connectivity index (χ2n) is 10.6. The SMILES string of the molecule is CC(=O)C[C@@H]1C(=O)[C@@H]2CC[C@](C)(O)[C@@H]3CC[C@@](C)(C[C@@H]32)[C@H]1/C=C/OC(=O)C=C(C)C. The summed E-state index contributed by atoms with van der Waals surface area (Å²) in [5, 5.41) is 11.0. The van der Waals surface area contributed by atoms with Crippen LogP contribution in [0.5, 0.6) is 0 Å². The van der Waals surface area contributed by atoms with Crippen LogP contribution in [0.4, 0.5) is 0 Å². The largest absolute Gasteiger partial charge is 0.432 e. The zero-order chi connectivity index (χ0) is 22.3. The molecule has 3 aliphatic carbocycles. The van der Waals surface area contributed by atoms with E-state index in [9.17, 15) is 19.5 Å². The van der Waals surface area contributed by atoms with Crippen LogP contribution in [-0.2, 0) is 19.1 Å². The zero-order valence-corrected chi connectivity index (χ0v) is 18.9. The minimum Gasteiger partial charge on any atom is -0.432 e. The molecule has 0 aliphatic heterocycles. The summed E-state index contributed by atoms with van der Waals surface area (Å²) in [7, 11) is 0. The van der Waals surface area contributed by atoms with E-state index in [0.29, 0.717) is 12.8 Å². The third kappa shape index (κ3) is 4.46. The number of rotatable bonds is 5. The summed E-state index contributed by atoms with van der Waals surface area (Å²) in [4.78, 5) is 37.6. The Morgan fingerprint density at radius 1 is 1.17 bits per heavy atom. The van der Waals surface area contributed by atoms with Crippen LogP contribution < -0.4 is 0 Å². The van der Waals surface area contributed by atoms with Gasteiger partial charge in [-0.1, -0.05) is 12.5 Å². The Kier molecular flexibility index (Phi) is 6.43. The second kappa shape index (κ2) is 8.41. The Labute approximate surface area is 179 Å². The highest BCUT2D eigenvalue weighted by Gasteiger charge is 2.58. The van der Waals surface area contributed by atoms with Gasteiger partial charge < -0.3 is 14.6 Å². The van der Waals surface area contributed by atoms with Gasteiger partial charge in [0.05, 0.1) is 11.9 Å². The molecule has 3 rings (SSSR count). The number of esters is 1. The second-order valence-corrected chi connectivity index (χ2v) is 10.6. The molecule has 0 heterocycles. The van der Waals surface area contributed by atoms with E-state index in [1.807, 2.05) is 26.8 Å². The molecule has 0 radical (unpaired) electrons. The summed E-state index contributed by atoms with van der Waals surface area (Å²) in [6.45, 7) is 9.31. The van der Waals surface area contributed by atoms with Gasteiger partial charge >= 0.3 is 5.97 Å². The first kappa shape index (κ1) is 22.9. The van der Waals surface area contributed by atoms with Crippen molar-refractivity contribution in [3.05, 3.63) is 24.0 Å². The lowest BCUT2D eigenvalue weighted by Crippen LogP contribution is -2.51. The van der Waals surface area contributed by atoms with Crippen LogP contribution in [0.15, 0.2) is 24.0 Å². The van der Waals surface area contributed by atoms with Crippen LogP contribution in [0.2, 0.25) is 0 Å². The smallest absolute Gasteiger partial charge is 0.335 e. The van der Waals surface area contributed by atoms with Gasteiger partial charge in [0, 0.05) is 24.3 Å². The molecule has 0 aromatic heterocycles. The van der Waals surface area contributed by atoms with E-state index in [-0.39, 0.29) is 47.1 Å². The van der Waals surface area contributed by atoms with E-state index in [1.54, 1.807) is 0 Å². The van der Waals surface area contributed by atoms with Crippen molar-refractivity contribution in [2.24, 2.45) is 35.0 Å². The van der Waals surface area contributed by atoms with Crippen molar-refractivity contribution >= 4 is 17.5 Å². The molecule has 0 amide bonds. The summed E-state index contributed by atoms with van der Waals surface area (Å²) < 4.78 is 5.26. The lowest BCUT2D eigenvalue weighted by molar-refractivity contribution is -0.141. The topological polar surface area (TPSA) is 80.7 Å². The molecule has 7 atom stereocenters. The van der Waals surface area contributed by atoms with Crippen molar-refractivity contribution in [2.75, 3.05) is 0 Å². The fraction of sp³-hybridized carbons (Fsp3) is 0.720. The highest BCUT2D eigenvalue weighted by Crippen LogP contribution is 2.60. The molecule has 3 saturated carbocycles. The molecule has 30 heavy (non-hydrogen) atoms. The maximum absolute atomic E-state index is 13.7. The van der Waals surface area contributed by atoms with Crippen molar-refractivity contribution in [2.45, 2.75) is 78.7 Å². The van der Waals surface area contributed by atoms with E-state index < -0.39 is 17.5 Å². The average Bonchev–Trinajstić information content (AvgIpc) is 2.67. The molecule has 5 nitrogen and oxygen atoms in total. The predicted molar refractivity (Wildman–Crippen MR) is 114 cm³/mol. The van der Waals surface area contributed by atoms with Crippen LogP contribution in [0.1, 0.15) is 73.1 Å². The summed E-state index contributed by atoms with van der Waals surface area (Å²) in [6, 6.07) is 0. The summed E-state index contributed by atoms with van der Waals surface area (Å²) in [6.07, 6.45) is 8.85. The van der Waals surface area contributed by atoms with Gasteiger partial charge in [0.2, 0.25) is 0 Å². The summed E-state index contributed by atoms with van der Waals surface area (Å²) >= 11 is 0. The van der Waals surface area contributed by atoms with E-state index >= 15 is 0 Å². The molecule has 1 N–H and O–H groups in total. The van der Waals surface area contributed by atoms with Gasteiger partial charge in [-0.3, -0.25) is 4.79 Å². The third-order valence-corrected chi connectivity index (χ3v) is 7.88. The first-order chi connectivity index (χ1) is 13.9. The molecule has 166 valence electrons. The Bertz CT molecular complexity index is 772. The Morgan fingerprint density at radius 2 is 1.87 bits per heavy atom. The Hall–Kier alpha value is -1.75. The number of fused-ring (bicyclic) bond motifs is 1. The van der Waals surface area contributed by atoms with Gasteiger partial charge in [-0.05, 0) is 89.0 Å². The number of ether oxygens (including phenoxy) is 1. The summed E-state index contributed by atoms with van der Waals surface area (Å²) in [5.41, 5.74) is -0.0404. The number of aliphatic hydroxyl groups is 1. The number of Topliss-reactive ketones (excluding diaryl/α,β-unsaturated/α-hetero) is 2. The molecular weight excluding hydrogens is 380 g/mol. The molecule has 0 unspecified atom stereocenters. The lowest BCUT2D eigenvalue weighted by Gasteiger charge is -2.52. The number of ketones is 2. The van der Waals surface area contributed by atoms with Crippen LogP contribution in [0.3, 0.4) is 0 Å². The molecule has 0 saturated heterocycles. The maximum atomic E-state index is 13.7. The van der Waals surface area contributed by atoms with Crippen molar-refractivity contribution in [3.8, 4) is 0 Å². The number of hydrogen-bond donors (Lipinski definition) is 1. The van der Waals surface area contributed by atoms with Crippen LogP contribution >= 0.6 is 0 Å². The Morgan fingerprint density at radius 3 is 2.50 bits per heavy atom.